The molecule has 0 saturated carbocycles. The van der Waals surface area contributed by atoms with Gasteiger partial charge >= 0.3 is 6.18 Å². The van der Waals surface area contributed by atoms with Crippen LogP contribution in [0.4, 0.5) is 34.6 Å². The van der Waals surface area contributed by atoms with Gasteiger partial charge in [-0.25, -0.2) is 4.39 Å². The number of nitrogens with one attached hydrogen (secondary N) is 4. The molecule has 9 rings (SSSR count). The normalized spacial score (nSPS) is 23.6. The summed E-state index contributed by atoms with van der Waals surface area (Å²) in [6, 6.07) is 13.4. The summed E-state index contributed by atoms with van der Waals surface area (Å²) in [7, 11) is 0. The maximum Gasteiger partial charge on any atom is 0.433 e. The van der Waals surface area contributed by atoms with Crippen molar-refractivity contribution in [2.45, 2.75) is 102 Å². The fraction of sp³-hybridized carbons (Fsp3) is 0.440. The molecule has 3 saturated heterocycles. The van der Waals surface area contributed by atoms with E-state index in [0.29, 0.717) is 49.3 Å². The fourth-order valence-corrected chi connectivity index (χ4v) is 10.9. The number of carbonyl (C=O) groups excluding carboxylic acids is 5. The number of imide groups is 1. The Morgan fingerprint density at radius 3 is 2.45 bits per heavy atom. The van der Waals surface area contributed by atoms with Crippen molar-refractivity contribution in [3.05, 3.63) is 111 Å². The molecular formula is C50H53ClF4N8O6. The molecule has 19 heteroatoms. The summed E-state index contributed by atoms with van der Waals surface area (Å²) in [5.41, 5.74) is 0.886. The zero-order valence-electron chi connectivity index (χ0n) is 38.7. The summed E-state index contributed by atoms with van der Waals surface area (Å²) in [6.07, 6.45) is -3.01. The highest BCUT2D eigenvalue weighted by Gasteiger charge is 2.62. The number of aromatic nitrogens is 1. The minimum atomic E-state index is -4.71. The quantitative estimate of drug-likeness (QED) is 0.0991. The molecule has 1 unspecified atom stereocenters. The zero-order chi connectivity index (χ0) is 49.3. The van der Waals surface area contributed by atoms with Gasteiger partial charge in [0.25, 0.3) is 11.8 Å². The van der Waals surface area contributed by atoms with E-state index in [2.05, 4.69) is 31.2 Å². The first-order valence-corrected chi connectivity index (χ1v) is 23.5. The molecule has 3 aromatic carbocycles. The summed E-state index contributed by atoms with van der Waals surface area (Å²) in [5, 5.41) is 11.8. The fourth-order valence-electron chi connectivity index (χ4n) is 10.8. The van der Waals surface area contributed by atoms with Crippen molar-refractivity contribution < 1.29 is 46.3 Å². The van der Waals surface area contributed by atoms with Crippen LogP contribution in [-0.4, -0.2) is 101 Å². The SMILES string of the molecule is CC(C)Oc1cc(C(=O)N2CCN(c3ccc4c(c3)CN(C3CCC(=O)NC3=O)C4=O)CC2)ccc1NC(=O)[C@@H]1N[C@@H](CC(C)(C)C)[C@@]2(CNc3cc(C(F)(F)F)ncc32)[C@H]1c1cccc(Cl)c1F. The molecular weight excluding hydrogens is 920 g/mol. The number of pyridine rings is 1. The van der Waals surface area contributed by atoms with Gasteiger partial charge in [0.05, 0.1) is 22.9 Å². The van der Waals surface area contributed by atoms with Crippen molar-refractivity contribution >= 4 is 58.2 Å². The van der Waals surface area contributed by atoms with Gasteiger partial charge in [0.1, 0.15) is 23.3 Å². The number of anilines is 3. The van der Waals surface area contributed by atoms with E-state index in [1.165, 1.54) is 17.2 Å². The van der Waals surface area contributed by atoms with E-state index in [-0.39, 0.29) is 82.9 Å². The summed E-state index contributed by atoms with van der Waals surface area (Å²) in [5.74, 6) is -3.40. The number of fused-ring (bicyclic) bond motifs is 3. The number of halogens is 5. The van der Waals surface area contributed by atoms with Crippen molar-refractivity contribution in [2.24, 2.45) is 5.41 Å². The first-order chi connectivity index (χ1) is 32.6. The average molecular weight is 973 g/mol. The monoisotopic (exact) mass is 972 g/mol. The van der Waals surface area contributed by atoms with Crippen LogP contribution in [0.1, 0.15) is 103 Å². The van der Waals surface area contributed by atoms with E-state index >= 15 is 4.39 Å². The molecule has 1 spiro atoms. The third-order valence-electron chi connectivity index (χ3n) is 13.9. The molecule has 14 nitrogen and oxygen atoms in total. The first-order valence-electron chi connectivity index (χ1n) is 23.1. The number of nitrogens with zero attached hydrogens (tertiary/aromatic N) is 4. The Hall–Kier alpha value is -6.27. The lowest BCUT2D eigenvalue weighted by Gasteiger charge is -2.39. The second-order valence-corrected chi connectivity index (χ2v) is 20.4. The number of hydrogen-bond donors (Lipinski definition) is 4. The Balaban J connectivity index is 0.949. The molecule has 3 fully saturated rings. The van der Waals surface area contributed by atoms with Gasteiger partial charge in [0.15, 0.2) is 0 Å². The van der Waals surface area contributed by atoms with Gasteiger partial charge < -0.3 is 35.4 Å². The molecule has 6 heterocycles. The Kier molecular flexibility index (Phi) is 12.4. The van der Waals surface area contributed by atoms with Gasteiger partial charge in [-0.1, -0.05) is 44.5 Å². The molecule has 0 aliphatic carbocycles. The number of hydrogen-bond acceptors (Lipinski definition) is 10. The molecule has 5 amide bonds. The average Bonchev–Trinajstić information content (AvgIpc) is 3.94. The maximum atomic E-state index is 16.4. The summed E-state index contributed by atoms with van der Waals surface area (Å²) in [6.45, 7) is 11.7. The van der Waals surface area contributed by atoms with E-state index in [0.717, 1.165) is 17.3 Å². The van der Waals surface area contributed by atoms with E-state index in [4.69, 9.17) is 16.3 Å². The van der Waals surface area contributed by atoms with Crippen LogP contribution in [0, 0.1) is 11.2 Å². The number of amides is 5. The number of alkyl halides is 3. The number of piperazine rings is 1. The zero-order valence-corrected chi connectivity index (χ0v) is 39.5. The molecule has 5 aliphatic rings. The van der Waals surface area contributed by atoms with E-state index < -0.39 is 59.0 Å². The minimum Gasteiger partial charge on any atom is -0.489 e. The predicted octanol–water partition coefficient (Wildman–Crippen LogP) is 7.27. The lowest BCUT2D eigenvalue weighted by molar-refractivity contribution is -0.141. The van der Waals surface area contributed by atoms with Crippen LogP contribution in [-0.2, 0) is 32.5 Å². The maximum absolute atomic E-state index is 16.4. The molecule has 5 aliphatic heterocycles. The molecule has 364 valence electrons. The van der Waals surface area contributed by atoms with Crippen LogP contribution in [0.25, 0.3) is 0 Å². The van der Waals surface area contributed by atoms with Gasteiger partial charge in [0, 0.05) is 97.3 Å². The van der Waals surface area contributed by atoms with E-state index in [1.54, 1.807) is 55.1 Å². The van der Waals surface area contributed by atoms with Gasteiger partial charge in [-0.2, -0.15) is 13.2 Å². The minimum absolute atomic E-state index is 0.0752. The smallest absolute Gasteiger partial charge is 0.433 e. The molecule has 5 atom stereocenters. The lowest BCUT2D eigenvalue weighted by Crippen LogP contribution is -2.52. The highest BCUT2D eigenvalue weighted by molar-refractivity contribution is 6.30. The van der Waals surface area contributed by atoms with Crippen LogP contribution in [0.15, 0.2) is 66.9 Å². The van der Waals surface area contributed by atoms with E-state index in [9.17, 15) is 37.1 Å². The molecule has 0 bridgehead atoms. The van der Waals surface area contributed by atoms with Crippen molar-refractivity contribution in [2.75, 3.05) is 48.3 Å². The second-order valence-electron chi connectivity index (χ2n) is 20.0. The molecule has 1 aromatic heterocycles. The Labute approximate surface area is 401 Å². The molecule has 0 radical (unpaired) electrons. The summed E-state index contributed by atoms with van der Waals surface area (Å²) >= 11 is 6.39. The highest BCUT2D eigenvalue weighted by Crippen LogP contribution is 2.57. The predicted molar refractivity (Wildman–Crippen MR) is 250 cm³/mol. The topological polar surface area (TPSA) is 165 Å². The van der Waals surface area contributed by atoms with Gasteiger partial charge in [0.2, 0.25) is 17.7 Å². The van der Waals surface area contributed by atoms with Crippen molar-refractivity contribution in [1.82, 2.24) is 25.4 Å². The first kappa shape index (κ1) is 47.8. The molecule has 4 aromatic rings. The van der Waals surface area contributed by atoms with Crippen LogP contribution >= 0.6 is 11.6 Å². The number of ether oxygens (including phenoxy) is 1. The highest BCUT2D eigenvalue weighted by atomic mass is 35.5. The van der Waals surface area contributed by atoms with Crippen molar-refractivity contribution in [3.63, 3.8) is 0 Å². The molecule has 4 N–H and O–H groups in total. The Morgan fingerprint density at radius 2 is 1.75 bits per heavy atom. The third kappa shape index (κ3) is 8.97. The van der Waals surface area contributed by atoms with Crippen LogP contribution in [0.5, 0.6) is 5.75 Å². The largest absolute Gasteiger partial charge is 0.489 e. The lowest BCUT2D eigenvalue weighted by atomic mass is 9.63. The number of piperidine rings is 1. The van der Waals surface area contributed by atoms with Gasteiger partial charge in [-0.3, -0.25) is 34.3 Å². The van der Waals surface area contributed by atoms with E-state index in [1.807, 2.05) is 32.9 Å². The second kappa shape index (κ2) is 17.9. The summed E-state index contributed by atoms with van der Waals surface area (Å²) < 4.78 is 64.4. The Morgan fingerprint density at radius 1 is 1.00 bits per heavy atom. The van der Waals surface area contributed by atoms with Crippen molar-refractivity contribution in [1.29, 1.82) is 0 Å². The van der Waals surface area contributed by atoms with Crippen molar-refractivity contribution in [3.8, 4) is 5.75 Å². The molecule has 69 heavy (non-hydrogen) atoms. The third-order valence-corrected chi connectivity index (χ3v) is 14.2. The number of rotatable bonds is 9. The van der Waals surface area contributed by atoms with Crippen LogP contribution < -0.4 is 30.9 Å². The van der Waals surface area contributed by atoms with Crippen LogP contribution in [0.3, 0.4) is 0 Å². The van der Waals surface area contributed by atoms with Gasteiger partial charge in [-0.05, 0) is 91.8 Å². The van der Waals surface area contributed by atoms with Crippen LogP contribution in [0.2, 0.25) is 5.02 Å². The Bertz CT molecular complexity index is 2760. The van der Waals surface area contributed by atoms with Gasteiger partial charge in [-0.15, -0.1) is 0 Å². The number of carbonyl (C=O) groups is 5. The standard InChI is InChI=1S/C50H53ClF4N8O6/c1-26(2)69-37-20-27(46(67)62-17-15-61(16-18-62)29-10-11-30-28(19-29)24-63(47(30)68)36-13-14-40(64)60-44(36)65)9-12-34(37)58-45(66)43-41(31-7-6-8-33(51)42(31)52)49(39(59-43)22-48(3,4)5)25-57-35-21-38(50(53,54)55)56-23-32(35)49/h6-12,19-21,23,26,36,39,41,43,57,59H,13-18,22,24-25H2,1-5H3,(H,58,66)(H,60,64,65)/t36?,39-,41-,43+,49-/m0/s1. The summed E-state index contributed by atoms with van der Waals surface area (Å²) in [4.78, 5) is 75.7. The number of benzene rings is 3.